The van der Waals surface area contributed by atoms with Gasteiger partial charge in [0.2, 0.25) is 0 Å². The van der Waals surface area contributed by atoms with Crippen molar-refractivity contribution in [2.45, 2.75) is 27.3 Å². The second kappa shape index (κ2) is 7.83. The van der Waals surface area contributed by atoms with Crippen LogP contribution in [0.25, 0.3) is 0 Å². The van der Waals surface area contributed by atoms with Gasteiger partial charge in [0.05, 0.1) is 18.1 Å². The number of anilines is 1. The van der Waals surface area contributed by atoms with E-state index in [1.165, 1.54) is 10.2 Å². The van der Waals surface area contributed by atoms with Crippen molar-refractivity contribution in [3.8, 4) is 5.75 Å². The Hall–Kier alpha value is -3.13. The number of aromatic nitrogens is 4. The molecule has 0 bridgehead atoms. The van der Waals surface area contributed by atoms with Crippen LogP contribution in [0.15, 0.2) is 42.9 Å². The first-order valence-electron chi connectivity index (χ1n) is 8.11. The molecule has 0 unspecified atom stereocenters. The zero-order valence-corrected chi connectivity index (χ0v) is 15.0. The van der Waals surface area contributed by atoms with Crippen LogP contribution in [0.4, 0.5) is 5.69 Å². The first-order valence-corrected chi connectivity index (χ1v) is 8.11. The van der Waals surface area contributed by atoms with Crippen LogP contribution in [0, 0.1) is 13.8 Å². The van der Waals surface area contributed by atoms with Gasteiger partial charge in [-0.3, -0.25) is 4.79 Å². The molecule has 0 aliphatic heterocycles. The third-order valence-electron chi connectivity index (χ3n) is 3.71. The fraction of sp³-hybridized carbons (Fsp3) is 0.278. The molecule has 3 aromatic rings. The number of rotatable bonds is 7. The summed E-state index contributed by atoms with van der Waals surface area (Å²) in [4.78, 5) is 12.2. The number of nitrogens with zero attached hydrogens (tertiary/aromatic N) is 4. The van der Waals surface area contributed by atoms with Crippen molar-refractivity contribution in [1.29, 1.82) is 0 Å². The van der Waals surface area contributed by atoms with E-state index in [1.807, 2.05) is 26.0 Å². The molecule has 1 aromatic carbocycles. The number of methoxy groups -OCH3 is 1. The Kier molecular flexibility index (Phi) is 5.33. The fourth-order valence-electron chi connectivity index (χ4n) is 2.48. The molecule has 26 heavy (non-hydrogen) atoms. The molecule has 0 saturated heterocycles. The largest absolute Gasteiger partial charge is 0.471 e. The van der Waals surface area contributed by atoms with E-state index in [0.717, 1.165) is 11.3 Å². The van der Waals surface area contributed by atoms with Gasteiger partial charge in [-0.05, 0) is 31.5 Å². The van der Waals surface area contributed by atoms with Crippen molar-refractivity contribution in [2.75, 3.05) is 12.4 Å². The average molecular weight is 355 g/mol. The molecule has 0 spiro atoms. The van der Waals surface area contributed by atoms with E-state index in [4.69, 9.17) is 9.47 Å². The minimum absolute atomic E-state index is 0.252. The molecule has 0 aliphatic carbocycles. The number of carbonyl (C=O) groups is 1. The van der Waals surface area contributed by atoms with Gasteiger partial charge in [0.1, 0.15) is 12.5 Å². The van der Waals surface area contributed by atoms with Crippen LogP contribution in [-0.2, 0) is 18.2 Å². The number of ether oxygens (including phenoxy) is 2. The normalized spacial score (nSPS) is 10.7. The fourth-order valence-corrected chi connectivity index (χ4v) is 2.48. The third-order valence-corrected chi connectivity index (χ3v) is 3.71. The van der Waals surface area contributed by atoms with Crippen molar-refractivity contribution in [1.82, 2.24) is 19.6 Å². The second-order valence-electron chi connectivity index (χ2n) is 5.92. The third kappa shape index (κ3) is 4.28. The Morgan fingerprint density at radius 3 is 2.81 bits per heavy atom. The molecule has 0 atom stereocenters. The Labute approximate surface area is 151 Å². The molecule has 0 aliphatic rings. The molecule has 3 rings (SSSR count). The molecule has 8 heteroatoms. The van der Waals surface area contributed by atoms with Crippen LogP contribution < -0.4 is 10.1 Å². The van der Waals surface area contributed by atoms with Gasteiger partial charge in [-0.2, -0.15) is 10.2 Å². The summed E-state index contributed by atoms with van der Waals surface area (Å²) in [7, 11) is 1.57. The van der Waals surface area contributed by atoms with E-state index in [2.05, 4.69) is 21.6 Å². The average Bonchev–Trinajstić information content (AvgIpc) is 3.24. The first kappa shape index (κ1) is 17.7. The van der Waals surface area contributed by atoms with Crippen LogP contribution in [0.2, 0.25) is 0 Å². The van der Waals surface area contributed by atoms with Crippen LogP contribution in [0.1, 0.15) is 21.6 Å². The lowest BCUT2D eigenvalue weighted by Gasteiger charge is -2.09. The van der Waals surface area contributed by atoms with E-state index in [0.29, 0.717) is 18.1 Å². The van der Waals surface area contributed by atoms with Gasteiger partial charge in [0, 0.05) is 13.3 Å². The summed E-state index contributed by atoms with van der Waals surface area (Å²) in [5.41, 5.74) is 3.13. The van der Waals surface area contributed by atoms with E-state index in [1.54, 1.807) is 36.4 Å². The smallest absolute Gasteiger partial charge is 0.276 e. The Bertz CT molecular complexity index is 900. The van der Waals surface area contributed by atoms with E-state index in [9.17, 15) is 4.79 Å². The Morgan fingerprint density at radius 1 is 1.19 bits per heavy atom. The van der Waals surface area contributed by atoms with Gasteiger partial charge in [-0.15, -0.1) is 0 Å². The summed E-state index contributed by atoms with van der Waals surface area (Å²) in [6.45, 7) is 4.58. The highest BCUT2D eigenvalue weighted by molar-refractivity contribution is 6.02. The highest BCUT2D eigenvalue weighted by atomic mass is 16.5. The van der Waals surface area contributed by atoms with Crippen LogP contribution >= 0.6 is 0 Å². The minimum Gasteiger partial charge on any atom is -0.471 e. The molecule has 1 N–H and O–H groups in total. The van der Waals surface area contributed by atoms with Crippen LogP contribution in [0.5, 0.6) is 5.75 Å². The zero-order chi connectivity index (χ0) is 18.5. The maximum Gasteiger partial charge on any atom is 0.276 e. The van der Waals surface area contributed by atoms with Crippen molar-refractivity contribution in [2.24, 2.45) is 0 Å². The molecule has 0 fully saturated rings. The molecule has 0 saturated carbocycles. The molecular formula is C18H21N5O3. The minimum atomic E-state index is -0.310. The van der Waals surface area contributed by atoms with Crippen LogP contribution in [-0.4, -0.2) is 32.6 Å². The maximum atomic E-state index is 12.2. The number of hydrogen-bond acceptors (Lipinski definition) is 5. The Morgan fingerprint density at radius 2 is 2.04 bits per heavy atom. The standard InChI is InChI=1S/C18H21N5O3/c1-13-4-5-17(14(2)8-13)26-12-23-10-15(9-19-23)20-18(24)16-6-7-22(21-16)11-25-3/h4-10H,11-12H2,1-3H3,(H,20,24). The lowest BCUT2D eigenvalue weighted by Crippen LogP contribution is -2.13. The van der Waals surface area contributed by atoms with Crippen molar-refractivity contribution in [3.05, 3.63) is 59.7 Å². The highest BCUT2D eigenvalue weighted by Crippen LogP contribution is 2.19. The van der Waals surface area contributed by atoms with Gasteiger partial charge < -0.3 is 14.8 Å². The number of nitrogens with one attached hydrogen (secondary N) is 1. The van der Waals surface area contributed by atoms with Crippen molar-refractivity contribution >= 4 is 11.6 Å². The molecule has 2 heterocycles. The number of amides is 1. The number of carbonyl (C=O) groups excluding carboxylic acids is 1. The first-order chi connectivity index (χ1) is 12.5. The van der Waals surface area contributed by atoms with Gasteiger partial charge >= 0.3 is 0 Å². The highest BCUT2D eigenvalue weighted by Gasteiger charge is 2.11. The summed E-state index contributed by atoms with van der Waals surface area (Å²) in [6.07, 6.45) is 4.95. The zero-order valence-electron chi connectivity index (χ0n) is 15.0. The maximum absolute atomic E-state index is 12.2. The predicted molar refractivity (Wildman–Crippen MR) is 96.0 cm³/mol. The molecule has 1 amide bonds. The summed E-state index contributed by atoms with van der Waals surface area (Å²) in [6, 6.07) is 7.63. The van der Waals surface area contributed by atoms with E-state index >= 15 is 0 Å². The SMILES string of the molecule is COCn1ccc(C(=O)Nc2cnn(COc3ccc(C)cc3C)c2)n1. The molecule has 0 radical (unpaired) electrons. The second-order valence-corrected chi connectivity index (χ2v) is 5.92. The lowest BCUT2D eigenvalue weighted by atomic mass is 10.1. The van der Waals surface area contributed by atoms with E-state index < -0.39 is 0 Å². The van der Waals surface area contributed by atoms with Gasteiger partial charge in [-0.1, -0.05) is 17.7 Å². The molecule has 2 aromatic heterocycles. The van der Waals surface area contributed by atoms with Gasteiger partial charge in [0.25, 0.3) is 5.91 Å². The molecule has 8 nitrogen and oxygen atoms in total. The van der Waals surface area contributed by atoms with Crippen molar-refractivity contribution < 1.29 is 14.3 Å². The monoisotopic (exact) mass is 355 g/mol. The summed E-state index contributed by atoms with van der Waals surface area (Å²) in [5.74, 6) is 0.495. The molecule has 136 valence electrons. The van der Waals surface area contributed by atoms with Crippen LogP contribution in [0.3, 0.4) is 0 Å². The summed E-state index contributed by atoms with van der Waals surface area (Å²) < 4.78 is 13.9. The summed E-state index contributed by atoms with van der Waals surface area (Å²) >= 11 is 0. The Balaban J connectivity index is 1.57. The topological polar surface area (TPSA) is 83.2 Å². The lowest BCUT2D eigenvalue weighted by molar-refractivity contribution is 0.101. The van der Waals surface area contributed by atoms with Crippen molar-refractivity contribution in [3.63, 3.8) is 0 Å². The molecular weight excluding hydrogens is 334 g/mol. The number of hydrogen-bond donors (Lipinski definition) is 1. The summed E-state index contributed by atoms with van der Waals surface area (Å²) in [5, 5.41) is 11.1. The van der Waals surface area contributed by atoms with Gasteiger partial charge in [-0.25, -0.2) is 9.36 Å². The quantitative estimate of drug-likeness (QED) is 0.704. The number of aryl methyl sites for hydroxylation is 2. The predicted octanol–water partition coefficient (Wildman–Crippen LogP) is 2.59. The van der Waals surface area contributed by atoms with E-state index in [-0.39, 0.29) is 12.6 Å². The number of benzene rings is 1. The van der Waals surface area contributed by atoms with Gasteiger partial charge in [0.15, 0.2) is 12.4 Å².